The Labute approximate surface area is 237 Å². The van der Waals surface area contributed by atoms with Gasteiger partial charge in [0.25, 0.3) is 0 Å². The molecule has 0 aliphatic rings. The molecule has 8 aromatic rings. The highest BCUT2D eigenvalue weighted by atomic mass is 15.0. The Kier molecular flexibility index (Phi) is 5.42. The smallest absolute Gasteiger partial charge is 0.160 e. The number of fused-ring (bicyclic) bond motifs is 5. The van der Waals surface area contributed by atoms with E-state index in [2.05, 4.69) is 114 Å². The van der Waals surface area contributed by atoms with Gasteiger partial charge >= 0.3 is 0 Å². The zero-order valence-electron chi connectivity index (χ0n) is 22.1. The number of pyridine rings is 1. The average Bonchev–Trinajstić information content (AvgIpc) is 3.44. The Balaban J connectivity index is 1.26. The third-order valence-corrected chi connectivity index (χ3v) is 7.61. The number of nitrogens with zero attached hydrogens (tertiary/aromatic N) is 4. The molecule has 0 atom stereocenters. The molecular formula is C37H24N4. The van der Waals surface area contributed by atoms with E-state index in [1.807, 2.05) is 36.4 Å². The fourth-order valence-electron chi connectivity index (χ4n) is 5.54. The summed E-state index contributed by atoms with van der Waals surface area (Å²) in [6.45, 7) is 0. The Morgan fingerprint density at radius 1 is 0.439 bits per heavy atom. The van der Waals surface area contributed by atoms with Crippen LogP contribution in [0, 0.1) is 0 Å². The summed E-state index contributed by atoms with van der Waals surface area (Å²) in [5.74, 6) is 0.703. The van der Waals surface area contributed by atoms with E-state index in [9.17, 15) is 0 Å². The molecule has 3 aromatic heterocycles. The van der Waals surface area contributed by atoms with Crippen LogP contribution in [0.4, 0.5) is 0 Å². The third kappa shape index (κ3) is 4.14. The van der Waals surface area contributed by atoms with E-state index in [4.69, 9.17) is 15.0 Å². The average molecular weight is 525 g/mol. The minimum Gasteiger partial charge on any atom is -0.299 e. The molecule has 0 saturated heterocycles. The number of benzene rings is 5. The first-order valence-corrected chi connectivity index (χ1v) is 13.7. The SMILES string of the molecule is c1ccc(-c2cc(-c3ccccc3)nc(-c3cccc(-c4ccc5nc6c7ccccc7ccn6c5c4)c3)n2)cc1. The minimum absolute atomic E-state index is 0.703. The largest absolute Gasteiger partial charge is 0.299 e. The molecule has 3 heterocycles. The van der Waals surface area contributed by atoms with Crippen molar-refractivity contribution in [1.82, 2.24) is 19.4 Å². The number of aromatic nitrogens is 4. The van der Waals surface area contributed by atoms with Crippen molar-refractivity contribution in [3.8, 4) is 45.0 Å². The molecule has 4 nitrogen and oxygen atoms in total. The number of rotatable bonds is 4. The Hall–Kier alpha value is -5.61. The third-order valence-electron chi connectivity index (χ3n) is 7.61. The molecule has 0 unspecified atom stereocenters. The summed E-state index contributed by atoms with van der Waals surface area (Å²) in [6, 6.07) is 48.1. The molecule has 41 heavy (non-hydrogen) atoms. The highest BCUT2D eigenvalue weighted by Crippen LogP contribution is 2.32. The van der Waals surface area contributed by atoms with Crippen LogP contribution in [0.25, 0.3) is 72.5 Å². The summed E-state index contributed by atoms with van der Waals surface area (Å²) in [5.41, 5.74) is 10.2. The Morgan fingerprint density at radius 2 is 1.07 bits per heavy atom. The van der Waals surface area contributed by atoms with Crippen molar-refractivity contribution in [1.29, 1.82) is 0 Å². The first-order chi connectivity index (χ1) is 20.3. The predicted molar refractivity (Wildman–Crippen MR) is 168 cm³/mol. The number of hydrogen-bond acceptors (Lipinski definition) is 3. The molecule has 0 aliphatic carbocycles. The number of imidazole rings is 1. The maximum atomic E-state index is 5.02. The first-order valence-electron chi connectivity index (χ1n) is 13.7. The summed E-state index contributed by atoms with van der Waals surface area (Å²) in [5, 5.41) is 2.34. The highest BCUT2D eigenvalue weighted by molar-refractivity contribution is 5.98. The zero-order chi connectivity index (χ0) is 27.2. The zero-order valence-corrected chi connectivity index (χ0v) is 22.1. The number of hydrogen-bond donors (Lipinski definition) is 0. The first kappa shape index (κ1) is 23.3. The molecule has 4 heteroatoms. The Morgan fingerprint density at radius 3 is 1.83 bits per heavy atom. The molecule has 0 spiro atoms. The van der Waals surface area contributed by atoms with Crippen LogP contribution in [0.2, 0.25) is 0 Å². The minimum atomic E-state index is 0.703. The maximum absolute atomic E-state index is 5.02. The van der Waals surface area contributed by atoms with E-state index in [1.165, 1.54) is 5.39 Å². The molecule has 0 saturated carbocycles. The van der Waals surface area contributed by atoms with Crippen LogP contribution in [-0.4, -0.2) is 19.4 Å². The van der Waals surface area contributed by atoms with Crippen LogP contribution in [0.15, 0.2) is 146 Å². The molecule has 5 aromatic carbocycles. The van der Waals surface area contributed by atoms with Crippen molar-refractivity contribution in [2.45, 2.75) is 0 Å². The fraction of sp³-hybridized carbons (Fsp3) is 0. The molecular weight excluding hydrogens is 500 g/mol. The normalized spacial score (nSPS) is 11.4. The summed E-state index contributed by atoms with van der Waals surface area (Å²) in [7, 11) is 0. The molecule has 0 bridgehead atoms. The van der Waals surface area contributed by atoms with Crippen molar-refractivity contribution in [2.24, 2.45) is 0 Å². The van der Waals surface area contributed by atoms with Crippen molar-refractivity contribution >= 4 is 27.5 Å². The van der Waals surface area contributed by atoms with Gasteiger partial charge in [0.1, 0.15) is 5.65 Å². The topological polar surface area (TPSA) is 43.1 Å². The lowest BCUT2D eigenvalue weighted by molar-refractivity contribution is 1.18. The van der Waals surface area contributed by atoms with Crippen LogP contribution >= 0.6 is 0 Å². The lowest BCUT2D eigenvalue weighted by atomic mass is 10.0. The lowest BCUT2D eigenvalue weighted by Crippen LogP contribution is -1.96. The second-order valence-electron chi connectivity index (χ2n) is 10.2. The van der Waals surface area contributed by atoms with Gasteiger partial charge in [-0.25, -0.2) is 15.0 Å². The van der Waals surface area contributed by atoms with Gasteiger partial charge in [0, 0.05) is 28.3 Å². The van der Waals surface area contributed by atoms with Crippen LogP contribution in [0.5, 0.6) is 0 Å². The molecule has 0 radical (unpaired) electrons. The summed E-state index contributed by atoms with van der Waals surface area (Å²) < 4.78 is 2.18. The van der Waals surface area contributed by atoms with Gasteiger partial charge in [-0.3, -0.25) is 4.40 Å². The lowest BCUT2D eigenvalue weighted by Gasteiger charge is -2.10. The molecule has 0 amide bonds. The van der Waals surface area contributed by atoms with E-state index in [1.54, 1.807) is 0 Å². The van der Waals surface area contributed by atoms with Crippen molar-refractivity contribution < 1.29 is 0 Å². The summed E-state index contributed by atoms with van der Waals surface area (Å²) in [6.07, 6.45) is 2.11. The molecule has 0 aliphatic heterocycles. The maximum Gasteiger partial charge on any atom is 0.160 e. The van der Waals surface area contributed by atoms with Crippen LogP contribution in [0.1, 0.15) is 0 Å². The van der Waals surface area contributed by atoms with E-state index < -0.39 is 0 Å². The van der Waals surface area contributed by atoms with Crippen LogP contribution < -0.4 is 0 Å². The fourth-order valence-corrected chi connectivity index (χ4v) is 5.54. The van der Waals surface area contributed by atoms with Gasteiger partial charge in [-0.05, 0) is 46.8 Å². The second kappa shape index (κ2) is 9.54. The monoisotopic (exact) mass is 524 g/mol. The summed E-state index contributed by atoms with van der Waals surface area (Å²) >= 11 is 0. The van der Waals surface area contributed by atoms with E-state index in [0.29, 0.717) is 5.82 Å². The summed E-state index contributed by atoms with van der Waals surface area (Å²) in [4.78, 5) is 15.0. The molecule has 192 valence electrons. The van der Waals surface area contributed by atoms with E-state index >= 15 is 0 Å². The van der Waals surface area contributed by atoms with Gasteiger partial charge in [-0.15, -0.1) is 0 Å². The van der Waals surface area contributed by atoms with Gasteiger partial charge in [-0.2, -0.15) is 0 Å². The van der Waals surface area contributed by atoms with Gasteiger partial charge < -0.3 is 0 Å². The second-order valence-corrected chi connectivity index (χ2v) is 10.2. The van der Waals surface area contributed by atoms with Gasteiger partial charge in [-0.1, -0.05) is 109 Å². The van der Waals surface area contributed by atoms with E-state index in [0.717, 1.165) is 61.3 Å². The standard InChI is InChI=1S/C37H24N4/c1-3-11-26(12-4-1)33-24-34(27-13-5-2-6-14-27)39-36(38-33)30-16-9-15-28(22-30)29-18-19-32-35(23-29)41-21-20-25-10-7-8-17-31(25)37(41)40-32/h1-24H. The van der Waals surface area contributed by atoms with Crippen molar-refractivity contribution in [3.63, 3.8) is 0 Å². The molecule has 0 fully saturated rings. The van der Waals surface area contributed by atoms with Crippen molar-refractivity contribution in [2.75, 3.05) is 0 Å². The van der Waals surface area contributed by atoms with Gasteiger partial charge in [0.05, 0.1) is 22.4 Å². The quantitative estimate of drug-likeness (QED) is 0.231. The van der Waals surface area contributed by atoms with E-state index in [-0.39, 0.29) is 0 Å². The highest BCUT2D eigenvalue weighted by Gasteiger charge is 2.13. The van der Waals surface area contributed by atoms with Crippen LogP contribution in [0.3, 0.4) is 0 Å². The molecule has 0 N–H and O–H groups in total. The molecule has 8 rings (SSSR count). The Bertz CT molecular complexity index is 2140. The van der Waals surface area contributed by atoms with Gasteiger partial charge in [0.15, 0.2) is 5.82 Å². The predicted octanol–water partition coefficient (Wildman–Crippen LogP) is 9.10. The van der Waals surface area contributed by atoms with Crippen LogP contribution in [-0.2, 0) is 0 Å². The van der Waals surface area contributed by atoms with Gasteiger partial charge in [0.2, 0.25) is 0 Å². The van der Waals surface area contributed by atoms with Crippen molar-refractivity contribution in [3.05, 3.63) is 146 Å².